The number of halogens is 1. The zero-order chi connectivity index (χ0) is 13.8. The van der Waals surface area contributed by atoms with E-state index in [4.69, 9.17) is 17.3 Å². The molecule has 1 amide bonds. The largest absolute Gasteiger partial charge is 0.369 e. The molecule has 2 aromatic rings. The summed E-state index contributed by atoms with van der Waals surface area (Å²) in [7, 11) is 0. The average Bonchev–Trinajstić information content (AvgIpc) is 2.39. The number of anilines is 1. The standard InChI is InChI=1S/C15H15ClN2O/c1-10-6-8-11(9-7-10)14(15(17)19)18-13-5-3-2-4-12(13)16/h2-9,14,18H,1H3,(H2,17,19). The van der Waals surface area contributed by atoms with E-state index in [1.807, 2.05) is 49.4 Å². The van der Waals surface area contributed by atoms with Crippen molar-refractivity contribution < 1.29 is 4.79 Å². The van der Waals surface area contributed by atoms with Gasteiger partial charge in [-0.3, -0.25) is 4.79 Å². The fraction of sp³-hybridized carbons (Fsp3) is 0.133. The van der Waals surface area contributed by atoms with Gasteiger partial charge in [-0.15, -0.1) is 0 Å². The summed E-state index contributed by atoms with van der Waals surface area (Å²) in [6.07, 6.45) is 0. The second kappa shape index (κ2) is 5.76. The molecule has 19 heavy (non-hydrogen) atoms. The van der Waals surface area contributed by atoms with Gasteiger partial charge in [-0.1, -0.05) is 53.6 Å². The van der Waals surface area contributed by atoms with Gasteiger partial charge < -0.3 is 11.1 Å². The van der Waals surface area contributed by atoms with Crippen molar-refractivity contribution in [3.05, 3.63) is 64.7 Å². The first-order valence-corrected chi connectivity index (χ1v) is 6.32. The number of aryl methyl sites for hydroxylation is 1. The Morgan fingerprint density at radius 1 is 1.16 bits per heavy atom. The lowest BCUT2D eigenvalue weighted by atomic mass is 10.0. The van der Waals surface area contributed by atoms with Crippen molar-refractivity contribution in [2.45, 2.75) is 13.0 Å². The Morgan fingerprint density at radius 2 is 1.79 bits per heavy atom. The summed E-state index contributed by atoms with van der Waals surface area (Å²) in [4.78, 5) is 11.6. The third-order valence-corrected chi connectivity index (χ3v) is 3.20. The average molecular weight is 275 g/mol. The summed E-state index contributed by atoms with van der Waals surface area (Å²) in [5.74, 6) is -0.441. The van der Waals surface area contributed by atoms with Gasteiger partial charge in [-0.05, 0) is 24.6 Å². The van der Waals surface area contributed by atoms with E-state index in [1.54, 1.807) is 6.07 Å². The molecule has 1 atom stereocenters. The molecule has 0 heterocycles. The summed E-state index contributed by atoms with van der Waals surface area (Å²) >= 11 is 6.07. The summed E-state index contributed by atoms with van der Waals surface area (Å²) in [5, 5.41) is 3.63. The highest BCUT2D eigenvalue weighted by atomic mass is 35.5. The highest BCUT2D eigenvalue weighted by Gasteiger charge is 2.18. The van der Waals surface area contributed by atoms with Gasteiger partial charge in [-0.2, -0.15) is 0 Å². The minimum Gasteiger partial charge on any atom is -0.369 e. The third kappa shape index (κ3) is 3.26. The van der Waals surface area contributed by atoms with Crippen molar-refractivity contribution in [1.29, 1.82) is 0 Å². The number of hydrogen-bond acceptors (Lipinski definition) is 2. The first-order chi connectivity index (χ1) is 9.08. The van der Waals surface area contributed by atoms with Crippen LogP contribution in [0.15, 0.2) is 48.5 Å². The SMILES string of the molecule is Cc1ccc(C(Nc2ccccc2Cl)C(N)=O)cc1. The van der Waals surface area contributed by atoms with E-state index >= 15 is 0 Å². The van der Waals surface area contributed by atoms with E-state index in [-0.39, 0.29) is 0 Å². The summed E-state index contributed by atoms with van der Waals surface area (Å²) < 4.78 is 0. The molecule has 0 spiro atoms. The summed E-state index contributed by atoms with van der Waals surface area (Å²) in [6, 6.07) is 14.3. The van der Waals surface area contributed by atoms with Gasteiger partial charge in [0.1, 0.15) is 6.04 Å². The quantitative estimate of drug-likeness (QED) is 0.899. The van der Waals surface area contributed by atoms with Crippen molar-refractivity contribution in [3.8, 4) is 0 Å². The minimum absolute atomic E-state index is 0.441. The maximum Gasteiger partial charge on any atom is 0.244 e. The molecule has 0 aliphatic carbocycles. The molecule has 0 aliphatic rings. The van der Waals surface area contributed by atoms with Gasteiger partial charge in [0.15, 0.2) is 0 Å². The molecular formula is C15H15ClN2O. The highest BCUT2D eigenvalue weighted by Crippen LogP contribution is 2.26. The van der Waals surface area contributed by atoms with E-state index in [0.717, 1.165) is 11.1 Å². The highest BCUT2D eigenvalue weighted by molar-refractivity contribution is 6.33. The van der Waals surface area contributed by atoms with Crippen LogP contribution in [-0.4, -0.2) is 5.91 Å². The lowest BCUT2D eigenvalue weighted by Crippen LogP contribution is -2.27. The molecule has 3 N–H and O–H groups in total. The second-order valence-electron chi connectivity index (χ2n) is 4.37. The Morgan fingerprint density at radius 3 is 2.37 bits per heavy atom. The molecule has 3 nitrogen and oxygen atoms in total. The first-order valence-electron chi connectivity index (χ1n) is 5.95. The van der Waals surface area contributed by atoms with Crippen molar-refractivity contribution in [2.24, 2.45) is 5.73 Å². The van der Waals surface area contributed by atoms with E-state index in [1.165, 1.54) is 0 Å². The maximum atomic E-state index is 11.6. The number of carbonyl (C=O) groups excluding carboxylic acids is 1. The lowest BCUT2D eigenvalue weighted by molar-refractivity contribution is -0.118. The topological polar surface area (TPSA) is 55.1 Å². The van der Waals surface area contributed by atoms with Crippen molar-refractivity contribution in [1.82, 2.24) is 0 Å². The van der Waals surface area contributed by atoms with Gasteiger partial charge in [0, 0.05) is 0 Å². The Kier molecular flexibility index (Phi) is 4.07. The summed E-state index contributed by atoms with van der Waals surface area (Å²) in [6.45, 7) is 1.99. The van der Waals surface area contributed by atoms with E-state index in [9.17, 15) is 4.79 Å². The molecule has 98 valence electrons. The van der Waals surface area contributed by atoms with Crippen LogP contribution in [0.25, 0.3) is 0 Å². The van der Waals surface area contributed by atoms with Gasteiger partial charge in [0.05, 0.1) is 10.7 Å². The second-order valence-corrected chi connectivity index (χ2v) is 4.78. The van der Waals surface area contributed by atoms with Crippen molar-refractivity contribution >= 4 is 23.2 Å². The molecule has 2 aromatic carbocycles. The van der Waals surface area contributed by atoms with Crippen LogP contribution >= 0.6 is 11.6 Å². The predicted octanol–water partition coefficient (Wildman–Crippen LogP) is 3.29. The van der Waals surface area contributed by atoms with Crippen LogP contribution in [0.3, 0.4) is 0 Å². The number of benzene rings is 2. The zero-order valence-corrected chi connectivity index (χ0v) is 11.3. The lowest BCUT2D eigenvalue weighted by Gasteiger charge is -2.18. The normalized spacial score (nSPS) is 11.9. The Hall–Kier alpha value is -2.00. The van der Waals surface area contributed by atoms with Gasteiger partial charge in [0.2, 0.25) is 5.91 Å². The number of nitrogens with one attached hydrogen (secondary N) is 1. The maximum absolute atomic E-state index is 11.6. The van der Waals surface area contributed by atoms with Gasteiger partial charge in [-0.25, -0.2) is 0 Å². The number of amides is 1. The Balaban J connectivity index is 2.29. The summed E-state index contributed by atoms with van der Waals surface area (Å²) in [5.41, 5.74) is 8.10. The number of rotatable bonds is 4. The molecule has 0 radical (unpaired) electrons. The number of primary amides is 1. The fourth-order valence-electron chi connectivity index (χ4n) is 1.81. The molecule has 1 unspecified atom stereocenters. The zero-order valence-electron chi connectivity index (χ0n) is 10.6. The molecule has 0 fully saturated rings. The van der Waals surface area contributed by atoms with Crippen LogP contribution in [0.4, 0.5) is 5.69 Å². The van der Waals surface area contributed by atoms with Gasteiger partial charge >= 0.3 is 0 Å². The molecule has 0 bridgehead atoms. The number of hydrogen-bond donors (Lipinski definition) is 2. The minimum atomic E-state index is -0.597. The predicted molar refractivity (Wildman–Crippen MR) is 78.2 cm³/mol. The number of nitrogens with two attached hydrogens (primary N) is 1. The number of carbonyl (C=O) groups is 1. The molecule has 0 saturated carbocycles. The number of para-hydroxylation sites is 1. The smallest absolute Gasteiger partial charge is 0.244 e. The molecule has 0 aromatic heterocycles. The Labute approximate surface area is 117 Å². The molecule has 0 aliphatic heterocycles. The van der Waals surface area contributed by atoms with Crippen LogP contribution in [0.1, 0.15) is 17.2 Å². The fourth-order valence-corrected chi connectivity index (χ4v) is 2.00. The molecular weight excluding hydrogens is 260 g/mol. The molecule has 0 saturated heterocycles. The molecule has 2 rings (SSSR count). The van der Waals surface area contributed by atoms with Gasteiger partial charge in [0.25, 0.3) is 0 Å². The van der Waals surface area contributed by atoms with Crippen LogP contribution in [0.2, 0.25) is 5.02 Å². The Bertz CT molecular complexity index is 581. The van der Waals surface area contributed by atoms with E-state index < -0.39 is 11.9 Å². The van der Waals surface area contributed by atoms with E-state index in [2.05, 4.69) is 5.32 Å². The van der Waals surface area contributed by atoms with Crippen molar-refractivity contribution in [3.63, 3.8) is 0 Å². The van der Waals surface area contributed by atoms with Crippen LogP contribution < -0.4 is 11.1 Å². The van der Waals surface area contributed by atoms with E-state index in [0.29, 0.717) is 10.7 Å². The molecule has 4 heteroatoms. The third-order valence-electron chi connectivity index (χ3n) is 2.87. The van der Waals surface area contributed by atoms with Crippen LogP contribution in [0, 0.1) is 6.92 Å². The van der Waals surface area contributed by atoms with Crippen LogP contribution in [-0.2, 0) is 4.79 Å². The monoisotopic (exact) mass is 274 g/mol. The first kappa shape index (κ1) is 13.4. The van der Waals surface area contributed by atoms with Crippen molar-refractivity contribution in [2.75, 3.05) is 5.32 Å². The van der Waals surface area contributed by atoms with Crippen LogP contribution in [0.5, 0.6) is 0 Å².